The maximum Gasteiger partial charge on any atom is 0.307 e. The van der Waals surface area contributed by atoms with Crippen molar-refractivity contribution in [2.24, 2.45) is 0 Å². The zero-order valence-corrected chi connectivity index (χ0v) is 15.5. The Balaban J connectivity index is 1.64. The Morgan fingerprint density at radius 1 is 1.12 bits per heavy atom. The van der Waals surface area contributed by atoms with E-state index in [9.17, 15) is 9.59 Å². The fraction of sp³-hybridized carbons (Fsp3) is 0.263. The molecule has 0 fully saturated rings. The van der Waals surface area contributed by atoms with Gasteiger partial charge in [-0.05, 0) is 36.8 Å². The second-order valence-corrected chi connectivity index (χ2v) is 7.02. The highest BCUT2D eigenvalue weighted by Crippen LogP contribution is 2.21. The van der Waals surface area contributed by atoms with Crippen molar-refractivity contribution in [1.29, 1.82) is 0 Å². The van der Waals surface area contributed by atoms with Crippen molar-refractivity contribution in [1.82, 2.24) is 5.32 Å². The van der Waals surface area contributed by atoms with Crippen LogP contribution in [-0.2, 0) is 14.3 Å². The van der Waals surface area contributed by atoms with Crippen LogP contribution in [-0.4, -0.2) is 24.2 Å². The van der Waals surface area contributed by atoms with Crippen molar-refractivity contribution in [3.8, 4) is 0 Å². The zero-order valence-electron chi connectivity index (χ0n) is 13.9. The van der Waals surface area contributed by atoms with Crippen LogP contribution in [0, 0.1) is 0 Å². The lowest BCUT2D eigenvalue weighted by atomic mass is 10.1. The van der Waals surface area contributed by atoms with E-state index in [1.54, 1.807) is 12.1 Å². The van der Waals surface area contributed by atoms with Crippen molar-refractivity contribution in [3.05, 3.63) is 65.2 Å². The van der Waals surface area contributed by atoms with Gasteiger partial charge in [-0.3, -0.25) is 9.59 Å². The fourth-order valence-electron chi connectivity index (χ4n) is 2.11. The van der Waals surface area contributed by atoms with E-state index >= 15 is 0 Å². The second-order valence-electron chi connectivity index (χ2n) is 5.41. The van der Waals surface area contributed by atoms with Gasteiger partial charge in [0.25, 0.3) is 5.91 Å². The van der Waals surface area contributed by atoms with E-state index < -0.39 is 0 Å². The predicted octanol–water partition coefficient (Wildman–Crippen LogP) is 4.24. The molecule has 1 atom stereocenters. The maximum atomic E-state index is 11.9. The van der Waals surface area contributed by atoms with Gasteiger partial charge in [-0.2, -0.15) is 0 Å². The first-order valence-corrected chi connectivity index (χ1v) is 9.29. The molecule has 2 rings (SSSR count). The third-order valence-electron chi connectivity index (χ3n) is 3.43. The Morgan fingerprint density at radius 3 is 2.48 bits per heavy atom. The van der Waals surface area contributed by atoms with Gasteiger partial charge in [0, 0.05) is 15.7 Å². The number of carbonyl (C=O) groups excluding carboxylic acids is 2. The molecule has 0 bridgehead atoms. The molecule has 1 N–H and O–H groups in total. The Morgan fingerprint density at radius 2 is 1.80 bits per heavy atom. The third-order valence-corrected chi connectivity index (χ3v) is 4.70. The van der Waals surface area contributed by atoms with Crippen LogP contribution in [0.4, 0.5) is 0 Å². The lowest BCUT2D eigenvalue weighted by Gasteiger charge is -2.14. The molecule has 0 aliphatic heterocycles. The van der Waals surface area contributed by atoms with Crippen molar-refractivity contribution in [3.63, 3.8) is 0 Å². The molecule has 0 aliphatic rings. The van der Waals surface area contributed by atoms with E-state index in [0.29, 0.717) is 10.8 Å². The summed E-state index contributed by atoms with van der Waals surface area (Å²) < 4.78 is 5.01. The highest BCUT2D eigenvalue weighted by molar-refractivity contribution is 7.99. The molecule has 0 heterocycles. The molecule has 0 saturated heterocycles. The van der Waals surface area contributed by atoms with E-state index in [1.165, 1.54) is 11.8 Å². The van der Waals surface area contributed by atoms with E-state index in [0.717, 1.165) is 10.5 Å². The largest absolute Gasteiger partial charge is 0.456 e. The number of thioether (sulfide) groups is 1. The first kappa shape index (κ1) is 19.3. The molecule has 0 radical (unpaired) electrons. The number of nitrogens with one attached hydrogen (secondary N) is 1. The molecule has 2 aromatic carbocycles. The summed E-state index contributed by atoms with van der Waals surface area (Å²) in [6, 6.07) is 16.9. The van der Waals surface area contributed by atoms with Gasteiger partial charge < -0.3 is 10.1 Å². The predicted molar refractivity (Wildman–Crippen MR) is 101 cm³/mol. The molecule has 0 spiro atoms. The monoisotopic (exact) mass is 377 g/mol. The summed E-state index contributed by atoms with van der Waals surface area (Å²) in [4.78, 5) is 24.6. The molecule has 0 unspecified atom stereocenters. The molecule has 25 heavy (non-hydrogen) atoms. The highest BCUT2D eigenvalue weighted by atomic mass is 35.5. The molecule has 6 heteroatoms. The molecule has 0 saturated carbocycles. The van der Waals surface area contributed by atoms with E-state index in [2.05, 4.69) is 5.32 Å². The number of halogens is 1. The minimum absolute atomic E-state index is 0.132. The minimum Gasteiger partial charge on any atom is -0.456 e. The van der Waals surface area contributed by atoms with Crippen molar-refractivity contribution >= 4 is 35.2 Å². The van der Waals surface area contributed by atoms with E-state index in [-0.39, 0.29) is 30.9 Å². The van der Waals surface area contributed by atoms with E-state index in [4.69, 9.17) is 16.3 Å². The van der Waals surface area contributed by atoms with Gasteiger partial charge in [0.15, 0.2) is 6.61 Å². The van der Waals surface area contributed by atoms with Gasteiger partial charge in [-0.1, -0.05) is 41.9 Å². The normalized spacial score (nSPS) is 11.6. The summed E-state index contributed by atoms with van der Waals surface area (Å²) in [6.45, 7) is 1.62. The third kappa shape index (κ3) is 7.20. The van der Waals surface area contributed by atoms with Crippen LogP contribution in [0.2, 0.25) is 5.02 Å². The number of rotatable bonds is 8. The molecule has 4 nitrogen and oxygen atoms in total. The van der Waals surface area contributed by atoms with Crippen molar-refractivity contribution in [2.45, 2.75) is 24.3 Å². The zero-order chi connectivity index (χ0) is 18.1. The summed E-state index contributed by atoms with van der Waals surface area (Å²) in [5.41, 5.74) is 1.00. The van der Waals surface area contributed by atoms with Crippen molar-refractivity contribution < 1.29 is 14.3 Å². The van der Waals surface area contributed by atoms with E-state index in [1.807, 2.05) is 49.4 Å². The van der Waals surface area contributed by atoms with Gasteiger partial charge in [0.2, 0.25) is 0 Å². The van der Waals surface area contributed by atoms with Gasteiger partial charge in [-0.25, -0.2) is 0 Å². The van der Waals surface area contributed by atoms with Gasteiger partial charge in [0.1, 0.15) is 0 Å². The SMILES string of the molecule is C[C@@H](NC(=O)COC(=O)CCSc1ccc(Cl)cc1)c1ccccc1. The van der Waals surface area contributed by atoms with Crippen LogP contribution < -0.4 is 5.32 Å². The Kier molecular flexibility index (Phi) is 7.82. The summed E-state index contributed by atoms with van der Waals surface area (Å²) >= 11 is 7.36. The van der Waals surface area contributed by atoms with Gasteiger partial charge in [-0.15, -0.1) is 11.8 Å². The summed E-state index contributed by atoms with van der Waals surface area (Å²) in [5, 5.41) is 3.48. The number of amides is 1. The van der Waals surface area contributed by atoms with Crippen LogP contribution >= 0.6 is 23.4 Å². The smallest absolute Gasteiger partial charge is 0.307 e. The molecule has 132 valence electrons. The summed E-state index contributed by atoms with van der Waals surface area (Å²) in [5.74, 6) is -0.110. The van der Waals surface area contributed by atoms with Crippen molar-refractivity contribution in [2.75, 3.05) is 12.4 Å². The number of carbonyl (C=O) groups is 2. The summed E-state index contributed by atoms with van der Waals surface area (Å²) in [7, 11) is 0. The lowest BCUT2D eigenvalue weighted by Crippen LogP contribution is -2.31. The molecule has 1 amide bonds. The van der Waals surface area contributed by atoms with Crippen LogP contribution in [0.1, 0.15) is 24.9 Å². The number of esters is 1. The number of ether oxygens (including phenoxy) is 1. The van der Waals surface area contributed by atoms with Crippen LogP contribution in [0.5, 0.6) is 0 Å². The first-order valence-electron chi connectivity index (χ1n) is 7.93. The van der Waals surface area contributed by atoms with Crippen LogP contribution in [0.15, 0.2) is 59.5 Å². The lowest BCUT2D eigenvalue weighted by molar-refractivity contribution is -0.148. The Bertz CT molecular complexity index is 692. The first-order chi connectivity index (χ1) is 12.0. The Hall–Kier alpha value is -1.98. The quantitative estimate of drug-likeness (QED) is 0.552. The standard InChI is InChI=1S/C19H20ClNO3S/c1-14(15-5-3-2-4-6-15)21-18(22)13-24-19(23)11-12-25-17-9-7-16(20)8-10-17/h2-10,14H,11-13H2,1H3,(H,21,22)/t14-/m1/s1. The maximum absolute atomic E-state index is 11.9. The number of benzene rings is 2. The molecule has 0 aromatic heterocycles. The minimum atomic E-state index is -0.385. The highest BCUT2D eigenvalue weighted by Gasteiger charge is 2.11. The summed E-state index contributed by atoms with van der Waals surface area (Å²) in [6.07, 6.45) is 0.245. The number of hydrogen-bond acceptors (Lipinski definition) is 4. The van der Waals surface area contributed by atoms with Crippen LogP contribution in [0.3, 0.4) is 0 Å². The molecular formula is C19H20ClNO3S. The average Bonchev–Trinajstić information content (AvgIpc) is 2.62. The van der Waals surface area contributed by atoms with Gasteiger partial charge >= 0.3 is 5.97 Å². The molecular weight excluding hydrogens is 358 g/mol. The Labute approximate surface area is 156 Å². The average molecular weight is 378 g/mol. The topological polar surface area (TPSA) is 55.4 Å². The number of hydrogen-bond donors (Lipinski definition) is 1. The molecule has 0 aliphatic carbocycles. The fourth-order valence-corrected chi connectivity index (χ4v) is 3.07. The molecule has 2 aromatic rings. The second kappa shape index (κ2) is 10.1. The van der Waals surface area contributed by atoms with Gasteiger partial charge in [0.05, 0.1) is 12.5 Å². The van der Waals surface area contributed by atoms with Crippen LogP contribution in [0.25, 0.3) is 0 Å².